The lowest BCUT2D eigenvalue weighted by Crippen LogP contribution is -2.47. The van der Waals surface area contributed by atoms with Crippen LogP contribution in [0.15, 0.2) is 34.7 Å². The minimum atomic E-state index is -0.873. The number of rotatable bonds is 5. The summed E-state index contributed by atoms with van der Waals surface area (Å²) in [5.74, 6) is 0.0686. The van der Waals surface area contributed by atoms with Crippen molar-refractivity contribution in [3.63, 3.8) is 0 Å². The third-order valence-corrected chi connectivity index (χ3v) is 5.25. The predicted molar refractivity (Wildman–Crippen MR) is 94.1 cm³/mol. The van der Waals surface area contributed by atoms with Crippen molar-refractivity contribution in [1.82, 2.24) is 15.5 Å². The summed E-state index contributed by atoms with van der Waals surface area (Å²) in [6.45, 7) is 3.24. The average Bonchev–Trinajstić information content (AvgIpc) is 3.33. The smallest absolute Gasteiger partial charge is 0.325 e. The molecule has 1 aliphatic heterocycles. The molecule has 4 rings (SSSR count). The Kier molecular flexibility index (Phi) is 3.75. The van der Waals surface area contributed by atoms with Crippen molar-refractivity contribution in [3.05, 3.63) is 36.1 Å². The first-order chi connectivity index (χ1) is 12.4. The van der Waals surface area contributed by atoms with Crippen molar-refractivity contribution in [1.29, 1.82) is 0 Å². The van der Waals surface area contributed by atoms with Gasteiger partial charge in [-0.15, -0.1) is 0 Å². The molecule has 0 spiro atoms. The van der Waals surface area contributed by atoms with Crippen LogP contribution >= 0.6 is 0 Å². The third kappa shape index (κ3) is 2.73. The number of benzene rings is 1. The second-order valence-electron chi connectivity index (χ2n) is 7.27. The Morgan fingerprint density at radius 1 is 1.38 bits per heavy atom. The Bertz CT molecular complexity index is 868. The van der Waals surface area contributed by atoms with Gasteiger partial charge >= 0.3 is 6.03 Å². The lowest BCUT2D eigenvalue weighted by molar-refractivity contribution is -0.135. The number of hydrogen-bond donors (Lipinski definition) is 2. The second kappa shape index (κ2) is 5.86. The largest absolute Gasteiger partial charge is 0.459 e. The van der Waals surface area contributed by atoms with E-state index in [2.05, 4.69) is 10.6 Å². The summed E-state index contributed by atoms with van der Waals surface area (Å²) >= 11 is 0. The van der Waals surface area contributed by atoms with Crippen molar-refractivity contribution >= 4 is 28.8 Å². The number of urea groups is 1. The van der Waals surface area contributed by atoms with E-state index in [0.717, 1.165) is 28.7 Å². The molecule has 2 heterocycles. The molecule has 2 N–H and O–H groups in total. The Balaban J connectivity index is 1.42. The quantitative estimate of drug-likeness (QED) is 0.805. The van der Waals surface area contributed by atoms with Gasteiger partial charge in [-0.3, -0.25) is 14.5 Å². The lowest BCUT2D eigenvalue weighted by atomic mass is 9.96. The predicted octanol–water partition coefficient (Wildman–Crippen LogP) is 2.33. The van der Waals surface area contributed by atoms with Crippen LogP contribution in [0.2, 0.25) is 0 Å². The van der Waals surface area contributed by atoms with E-state index >= 15 is 0 Å². The third-order valence-electron chi connectivity index (χ3n) is 5.25. The number of nitrogens with zero attached hydrogens (tertiary/aromatic N) is 1. The molecule has 1 aliphatic carbocycles. The summed E-state index contributed by atoms with van der Waals surface area (Å²) in [6, 6.07) is 8.59. The monoisotopic (exact) mass is 355 g/mol. The highest BCUT2D eigenvalue weighted by Crippen LogP contribution is 2.42. The summed E-state index contributed by atoms with van der Waals surface area (Å²) in [6.07, 6.45) is 1.84. The van der Waals surface area contributed by atoms with Gasteiger partial charge in [0.05, 0.1) is 6.04 Å². The van der Waals surface area contributed by atoms with Crippen LogP contribution in [0.3, 0.4) is 0 Å². The SMILES string of the molecule is C[C@H](NC(=O)CN1C(=O)N[C@](C)(C2CC2)C1=O)c1cc2ccccc2o1. The van der Waals surface area contributed by atoms with E-state index in [1.807, 2.05) is 30.3 Å². The number of para-hydroxylation sites is 1. The summed E-state index contributed by atoms with van der Waals surface area (Å²) in [4.78, 5) is 38.1. The topological polar surface area (TPSA) is 91.7 Å². The fourth-order valence-electron chi connectivity index (χ4n) is 3.51. The molecule has 26 heavy (non-hydrogen) atoms. The molecule has 2 fully saturated rings. The Morgan fingerprint density at radius 3 is 2.81 bits per heavy atom. The van der Waals surface area contributed by atoms with Gasteiger partial charge in [-0.05, 0) is 44.7 Å². The number of fused-ring (bicyclic) bond motifs is 1. The number of amides is 4. The van der Waals surface area contributed by atoms with Gasteiger partial charge in [0, 0.05) is 5.39 Å². The zero-order chi connectivity index (χ0) is 18.5. The van der Waals surface area contributed by atoms with E-state index in [0.29, 0.717) is 5.76 Å². The number of imide groups is 1. The fraction of sp³-hybridized carbons (Fsp3) is 0.421. The molecule has 1 saturated carbocycles. The molecule has 1 saturated heterocycles. The summed E-state index contributed by atoms with van der Waals surface area (Å²) < 4.78 is 5.74. The van der Waals surface area contributed by atoms with Gasteiger partial charge in [-0.25, -0.2) is 4.79 Å². The van der Waals surface area contributed by atoms with E-state index in [1.54, 1.807) is 13.8 Å². The molecule has 0 radical (unpaired) electrons. The maximum Gasteiger partial charge on any atom is 0.325 e. The van der Waals surface area contributed by atoms with Crippen molar-refractivity contribution < 1.29 is 18.8 Å². The first-order valence-electron chi connectivity index (χ1n) is 8.80. The van der Waals surface area contributed by atoms with Crippen molar-refractivity contribution in [2.24, 2.45) is 5.92 Å². The fourth-order valence-corrected chi connectivity index (χ4v) is 3.51. The van der Waals surface area contributed by atoms with Gasteiger partial charge in [0.2, 0.25) is 5.91 Å². The first kappa shape index (κ1) is 16.6. The highest BCUT2D eigenvalue weighted by Gasteiger charge is 2.56. The highest BCUT2D eigenvalue weighted by atomic mass is 16.3. The van der Waals surface area contributed by atoms with Crippen LogP contribution in [0.5, 0.6) is 0 Å². The van der Waals surface area contributed by atoms with E-state index in [4.69, 9.17) is 4.42 Å². The van der Waals surface area contributed by atoms with Gasteiger partial charge in [-0.1, -0.05) is 18.2 Å². The Labute approximate surface area is 150 Å². The molecule has 7 nitrogen and oxygen atoms in total. The number of nitrogens with one attached hydrogen (secondary N) is 2. The Morgan fingerprint density at radius 2 is 2.12 bits per heavy atom. The molecule has 0 unspecified atom stereocenters. The normalized spacial score (nSPS) is 24.0. The molecule has 2 aliphatic rings. The molecular formula is C19H21N3O4. The molecule has 136 valence electrons. The van der Waals surface area contributed by atoms with Crippen LogP contribution in [0.1, 0.15) is 38.5 Å². The van der Waals surface area contributed by atoms with Gasteiger partial charge in [0.25, 0.3) is 5.91 Å². The lowest BCUT2D eigenvalue weighted by Gasteiger charge is -2.21. The maximum absolute atomic E-state index is 12.6. The molecule has 1 aromatic carbocycles. The minimum Gasteiger partial charge on any atom is -0.459 e. The summed E-state index contributed by atoms with van der Waals surface area (Å²) in [5, 5.41) is 6.49. The molecule has 0 bridgehead atoms. The molecular weight excluding hydrogens is 334 g/mol. The molecule has 7 heteroatoms. The second-order valence-corrected chi connectivity index (χ2v) is 7.27. The number of carbonyl (C=O) groups excluding carboxylic acids is 3. The van der Waals surface area contributed by atoms with Crippen LogP contribution in [-0.4, -0.2) is 34.8 Å². The van der Waals surface area contributed by atoms with Crippen LogP contribution in [-0.2, 0) is 9.59 Å². The average molecular weight is 355 g/mol. The van der Waals surface area contributed by atoms with Crippen LogP contribution in [0, 0.1) is 5.92 Å². The van der Waals surface area contributed by atoms with Gasteiger partial charge < -0.3 is 15.1 Å². The van der Waals surface area contributed by atoms with E-state index in [-0.39, 0.29) is 24.4 Å². The van der Waals surface area contributed by atoms with Gasteiger partial charge in [-0.2, -0.15) is 0 Å². The summed E-state index contributed by atoms with van der Waals surface area (Å²) in [7, 11) is 0. The van der Waals surface area contributed by atoms with Crippen molar-refractivity contribution in [3.8, 4) is 0 Å². The molecule has 2 aromatic rings. The van der Waals surface area contributed by atoms with Gasteiger partial charge in [0.1, 0.15) is 23.4 Å². The summed E-state index contributed by atoms with van der Waals surface area (Å²) in [5.41, 5.74) is -0.125. The number of carbonyl (C=O) groups is 3. The standard InChI is InChI=1S/C19H21N3O4/c1-11(15-9-12-5-3-4-6-14(12)26-15)20-16(23)10-22-17(24)19(2,13-7-8-13)21-18(22)25/h3-6,9,11,13H,7-8,10H2,1-2H3,(H,20,23)(H,21,25)/t11-,19+/m0/s1. The van der Waals surface area contributed by atoms with Crippen LogP contribution < -0.4 is 10.6 Å². The highest BCUT2D eigenvalue weighted by molar-refractivity contribution is 6.09. The van der Waals surface area contributed by atoms with E-state index in [9.17, 15) is 14.4 Å². The number of furan rings is 1. The van der Waals surface area contributed by atoms with Crippen LogP contribution in [0.25, 0.3) is 11.0 Å². The van der Waals surface area contributed by atoms with Crippen molar-refractivity contribution in [2.75, 3.05) is 6.54 Å². The maximum atomic E-state index is 12.6. The van der Waals surface area contributed by atoms with E-state index in [1.165, 1.54) is 0 Å². The first-order valence-corrected chi connectivity index (χ1v) is 8.80. The zero-order valence-corrected chi connectivity index (χ0v) is 14.7. The molecule has 1 aromatic heterocycles. The van der Waals surface area contributed by atoms with Crippen molar-refractivity contribution in [2.45, 2.75) is 38.3 Å². The van der Waals surface area contributed by atoms with Crippen LogP contribution in [0.4, 0.5) is 4.79 Å². The zero-order valence-electron chi connectivity index (χ0n) is 14.7. The van der Waals surface area contributed by atoms with Gasteiger partial charge in [0.15, 0.2) is 0 Å². The minimum absolute atomic E-state index is 0.168. The van der Waals surface area contributed by atoms with E-state index < -0.39 is 17.5 Å². The Hall–Kier alpha value is -2.83. The molecule has 2 atom stereocenters. The molecule has 4 amide bonds. The number of hydrogen-bond acceptors (Lipinski definition) is 4.